The summed E-state index contributed by atoms with van der Waals surface area (Å²) >= 11 is 0. The smallest absolute Gasteiger partial charge is 0.433 e. The van der Waals surface area contributed by atoms with Crippen LogP contribution in [0.25, 0.3) is 0 Å². The minimum absolute atomic E-state index is 0.0430. The molecule has 52 heavy (non-hydrogen) atoms. The number of aliphatic hydroxyl groups excluding tert-OH is 1. The molecule has 0 spiro atoms. The Labute approximate surface area is 289 Å². The van der Waals surface area contributed by atoms with Crippen LogP contribution >= 0.6 is 0 Å². The molecular weight excluding hydrogens is 721 g/mol. The van der Waals surface area contributed by atoms with Crippen molar-refractivity contribution in [3.63, 3.8) is 0 Å². The highest BCUT2D eigenvalue weighted by atomic mass is 19.4. The third-order valence-corrected chi connectivity index (χ3v) is 7.96. The molecular formula is C32H32F9N5O6. The van der Waals surface area contributed by atoms with E-state index in [4.69, 9.17) is 9.47 Å². The first-order valence-corrected chi connectivity index (χ1v) is 15.5. The molecule has 0 saturated heterocycles. The van der Waals surface area contributed by atoms with Crippen LogP contribution in [0.15, 0.2) is 36.5 Å². The van der Waals surface area contributed by atoms with Crippen molar-refractivity contribution in [1.82, 2.24) is 15.0 Å². The number of aromatic nitrogens is 3. The number of hydrogen-bond donors (Lipinski definition) is 3. The van der Waals surface area contributed by atoms with E-state index in [1.54, 1.807) is 6.92 Å². The minimum Gasteiger partial charge on any atom is -0.488 e. The maximum Gasteiger partial charge on any atom is 0.433 e. The Morgan fingerprint density at radius 2 is 1.60 bits per heavy atom. The van der Waals surface area contributed by atoms with Gasteiger partial charge in [-0.1, -0.05) is 6.92 Å². The number of benzene rings is 1. The zero-order chi connectivity index (χ0) is 38.8. The van der Waals surface area contributed by atoms with Crippen molar-refractivity contribution in [2.75, 3.05) is 30.0 Å². The number of nitrogens with zero attached hydrogens (tertiary/aromatic N) is 4. The number of carboxylic acid groups (broad SMARTS) is 1. The van der Waals surface area contributed by atoms with E-state index in [1.165, 1.54) is 13.8 Å². The lowest BCUT2D eigenvalue weighted by Crippen LogP contribution is -2.47. The quantitative estimate of drug-likeness (QED) is 0.171. The summed E-state index contributed by atoms with van der Waals surface area (Å²) in [5, 5.41) is 21.5. The van der Waals surface area contributed by atoms with Gasteiger partial charge in [0.2, 0.25) is 5.95 Å². The molecule has 284 valence electrons. The molecule has 0 bridgehead atoms. The average molecular weight is 754 g/mol. The number of carbonyl (C=O) groups is 2. The van der Waals surface area contributed by atoms with Crippen LogP contribution in [0.5, 0.6) is 5.75 Å². The molecule has 1 aliphatic heterocycles. The van der Waals surface area contributed by atoms with Gasteiger partial charge in [-0.15, -0.1) is 0 Å². The first-order chi connectivity index (χ1) is 24.0. The summed E-state index contributed by atoms with van der Waals surface area (Å²) in [6, 6.07) is 0.676. The zero-order valence-electron chi connectivity index (χ0n) is 27.6. The molecule has 1 aliphatic rings. The van der Waals surface area contributed by atoms with Gasteiger partial charge in [-0.2, -0.15) is 39.5 Å². The Bertz CT molecular complexity index is 1750. The van der Waals surface area contributed by atoms with Crippen molar-refractivity contribution in [3.05, 3.63) is 70.3 Å². The molecule has 1 aromatic carbocycles. The van der Waals surface area contributed by atoms with Gasteiger partial charge in [0.05, 0.1) is 52.5 Å². The maximum absolute atomic E-state index is 13.8. The summed E-state index contributed by atoms with van der Waals surface area (Å²) in [5.74, 6) is -1.82. The number of fused-ring (bicyclic) bond motifs is 1. The molecule has 3 aromatic rings. The van der Waals surface area contributed by atoms with Crippen molar-refractivity contribution in [2.24, 2.45) is 5.41 Å². The number of alkyl halides is 9. The van der Waals surface area contributed by atoms with Crippen molar-refractivity contribution in [3.8, 4) is 5.75 Å². The third-order valence-electron chi connectivity index (χ3n) is 7.96. The molecule has 3 N–H and O–H groups in total. The molecule has 0 radical (unpaired) electrons. The number of anilines is 2. The molecule has 2 aromatic heterocycles. The largest absolute Gasteiger partial charge is 0.488 e. The molecule has 1 amide bonds. The monoisotopic (exact) mass is 753 g/mol. The second-order valence-electron chi connectivity index (χ2n) is 12.4. The van der Waals surface area contributed by atoms with Crippen LogP contribution in [-0.2, 0) is 34.5 Å². The summed E-state index contributed by atoms with van der Waals surface area (Å²) in [7, 11) is 0. The highest BCUT2D eigenvalue weighted by Crippen LogP contribution is 2.42. The third kappa shape index (κ3) is 9.31. The molecule has 3 heterocycles. The van der Waals surface area contributed by atoms with Gasteiger partial charge in [0.25, 0.3) is 0 Å². The van der Waals surface area contributed by atoms with Gasteiger partial charge in [-0.05, 0) is 62.6 Å². The maximum atomic E-state index is 13.8. The molecule has 0 aliphatic carbocycles. The van der Waals surface area contributed by atoms with E-state index in [-0.39, 0.29) is 54.3 Å². The Morgan fingerprint density at radius 1 is 0.962 bits per heavy atom. The van der Waals surface area contributed by atoms with Crippen LogP contribution in [0, 0.1) is 5.41 Å². The lowest BCUT2D eigenvalue weighted by Gasteiger charge is -2.40. The second kappa shape index (κ2) is 15.0. The van der Waals surface area contributed by atoms with Crippen LogP contribution in [-0.4, -0.2) is 63.1 Å². The van der Waals surface area contributed by atoms with E-state index in [0.717, 1.165) is 17.2 Å². The van der Waals surface area contributed by atoms with Gasteiger partial charge in [0.15, 0.2) is 5.75 Å². The van der Waals surface area contributed by atoms with Gasteiger partial charge in [-0.3, -0.25) is 9.69 Å². The van der Waals surface area contributed by atoms with Crippen LogP contribution in [0.1, 0.15) is 73.4 Å². The summed E-state index contributed by atoms with van der Waals surface area (Å²) in [6.07, 6.45) is -15.8. The lowest BCUT2D eigenvalue weighted by atomic mass is 9.93. The van der Waals surface area contributed by atoms with Crippen LogP contribution in [0.2, 0.25) is 0 Å². The number of aliphatic hydroxyl groups is 1. The number of halogens is 9. The second-order valence-corrected chi connectivity index (χ2v) is 12.4. The summed E-state index contributed by atoms with van der Waals surface area (Å²) in [6.45, 7) is 2.82. The number of hydrogen-bond acceptors (Lipinski definition) is 9. The molecule has 2 atom stereocenters. The zero-order valence-corrected chi connectivity index (χ0v) is 27.6. The van der Waals surface area contributed by atoms with Crippen LogP contribution < -0.4 is 15.0 Å². The number of carboxylic acids is 1. The molecule has 0 fully saturated rings. The summed E-state index contributed by atoms with van der Waals surface area (Å²) in [4.78, 5) is 37.9. The minimum atomic E-state index is -5.14. The van der Waals surface area contributed by atoms with E-state index in [9.17, 15) is 59.3 Å². The fraction of sp³-hybridized carbons (Fsp3) is 0.469. The fourth-order valence-corrected chi connectivity index (χ4v) is 5.22. The van der Waals surface area contributed by atoms with E-state index < -0.39 is 90.1 Å². The Morgan fingerprint density at radius 3 is 2.13 bits per heavy atom. The molecule has 20 heteroatoms. The SMILES string of the molecule is CC[C@@H]1C[C@H](Nc2ncc(OCCO)c(Cc3cc(C(F)(F)F)cc(C(F)(F)F)c3)n2)c2nc(C(F)(F)F)ccc2N1C(=O)OCC(C)(C)C(=O)O. The van der Waals surface area contributed by atoms with E-state index in [0.29, 0.717) is 18.2 Å². The molecule has 11 nitrogen and oxygen atoms in total. The Balaban J connectivity index is 1.76. The number of aliphatic carboxylic acids is 1. The average Bonchev–Trinajstić information content (AvgIpc) is 3.05. The molecule has 4 rings (SSSR count). The number of amides is 1. The van der Waals surface area contributed by atoms with E-state index in [1.807, 2.05) is 0 Å². The standard InChI is InChI=1S/C32H32F9N5O6/c1-4-19-13-21(25-22(5-6-24(45-25)32(39,40)41)46(19)28(50)52-15-29(2,3)26(48)49)44-27-42-14-23(51-8-7-47)20(43-27)11-16-9-17(30(33,34)35)12-18(10-16)31(36,37)38/h5-6,9-10,12,14,19,21,47H,4,7-8,11,13,15H2,1-3H3,(H,48,49)(H,42,43,44)/t19-,21+/m1/s1. The van der Waals surface area contributed by atoms with Crippen molar-refractivity contribution in [1.29, 1.82) is 0 Å². The first-order valence-electron chi connectivity index (χ1n) is 15.5. The van der Waals surface area contributed by atoms with Crippen molar-refractivity contribution in [2.45, 2.75) is 70.6 Å². The summed E-state index contributed by atoms with van der Waals surface area (Å²) < 4.78 is 133. The van der Waals surface area contributed by atoms with Crippen LogP contribution in [0.4, 0.5) is 55.9 Å². The topological polar surface area (TPSA) is 147 Å². The van der Waals surface area contributed by atoms with Crippen molar-refractivity contribution >= 4 is 23.7 Å². The fourth-order valence-electron chi connectivity index (χ4n) is 5.22. The molecule has 0 unspecified atom stereocenters. The van der Waals surface area contributed by atoms with Gasteiger partial charge in [-0.25, -0.2) is 19.7 Å². The van der Waals surface area contributed by atoms with E-state index in [2.05, 4.69) is 20.3 Å². The number of rotatable bonds is 11. The predicted octanol–water partition coefficient (Wildman–Crippen LogP) is 7.28. The lowest BCUT2D eigenvalue weighted by molar-refractivity contribution is -0.149. The highest BCUT2D eigenvalue weighted by Gasteiger charge is 2.42. The van der Waals surface area contributed by atoms with Gasteiger partial charge in [0.1, 0.15) is 18.9 Å². The van der Waals surface area contributed by atoms with Crippen molar-refractivity contribution < 1.29 is 68.8 Å². The predicted molar refractivity (Wildman–Crippen MR) is 163 cm³/mol. The highest BCUT2D eigenvalue weighted by molar-refractivity contribution is 5.90. The first kappa shape index (κ1) is 39.9. The Kier molecular flexibility index (Phi) is 11.5. The van der Waals surface area contributed by atoms with Gasteiger partial charge >= 0.3 is 30.6 Å². The van der Waals surface area contributed by atoms with Gasteiger partial charge < -0.3 is 25.0 Å². The Hall–Kier alpha value is -4.88. The summed E-state index contributed by atoms with van der Waals surface area (Å²) in [5.41, 5.74) is -7.10. The van der Waals surface area contributed by atoms with Crippen LogP contribution in [0.3, 0.4) is 0 Å². The number of nitrogens with one attached hydrogen (secondary N) is 1. The number of ether oxygens (including phenoxy) is 2. The normalized spacial score (nSPS) is 16.7. The number of pyridine rings is 1. The van der Waals surface area contributed by atoms with Gasteiger partial charge in [0, 0.05) is 12.5 Å². The van der Waals surface area contributed by atoms with E-state index >= 15 is 0 Å². The number of carbonyl (C=O) groups excluding carboxylic acids is 1. The molecule has 0 saturated carbocycles.